The van der Waals surface area contributed by atoms with Crippen LogP contribution in [0.25, 0.3) is 0 Å². The molecule has 0 aromatic heterocycles. The van der Waals surface area contributed by atoms with Crippen LogP contribution in [0.15, 0.2) is 11.1 Å². The monoisotopic (exact) mass is 404 g/mol. The Morgan fingerprint density at radius 1 is 0.762 bits per heavy atom. The van der Waals surface area contributed by atoms with E-state index in [9.17, 15) is 19.8 Å². The molecule has 0 N–H and O–H groups in total. The van der Waals surface area contributed by atoms with E-state index in [-0.39, 0.29) is 45.1 Å². The van der Waals surface area contributed by atoms with Crippen LogP contribution in [0, 0.1) is 0 Å². The topological polar surface area (TPSA) is 80.3 Å². The van der Waals surface area contributed by atoms with Crippen LogP contribution in [0.1, 0.15) is 66.2 Å². The van der Waals surface area contributed by atoms with Crippen molar-refractivity contribution in [2.45, 2.75) is 75.1 Å². The molecule has 0 fully saturated rings. The van der Waals surface area contributed by atoms with Gasteiger partial charge in [-0.05, 0) is 24.0 Å². The van der Waals surface area contributed by atoms with Gasteiger partial charge in [0.25, 0.3) is 0 Å². The Balaban J connectivity index is 0. The maximum atomic E-state index is 10.4. The number of carboxylic acid groups (broad SMARTS) is 2. The molecule has 0 aliphatic heterocycles. The Kier molecular flexibility index (Phi) is 17.2. The first-order valence-corrected chi connectivity index (χ1v) is 11.8. The molecule has 21 heavy (non-hydrogen) atoms. The zero-order chi connectivity index (χ0) is 16.7. The normalized spacial score (nSPS) is 10.9. The number of carboxylic acids is 2. The van der Waals surface area contributed by atoms with Gasteiger partial charge in [0, 0.05) is 0 Å². The van der Waals surface area contributed by atoms with Crippen molar-refractivity contribution >= 4 is 33.1 Å². The first kappa shape index (κ1) is 22.8. The van der Waals surface area contributed by atoms with Gasteiger partial charge < -0.3 is 19.8 Å². The molecule has 0 heterocycles. The van der Waals surface area contributed by atoms with Crippen LogP contribution in [0.2, 0.25) is 8.87 Å². The molecular formula is C16H28O4Sn. The van der Waals surface area contributed by atoms with Crippen LogP contribution < -0.4 is 10.2 Å². The Hall–Kier alpha value is -0.521. The fourth-order valence-corrected chi connectivity index (χ4v) is 5.85. The van der Waals surface area contributed by atoms with E-state index in [1.54, 1.807) is 22.7 Å². The van der Waals surface area contributed by atoms with Gasteiger partial charge in [-0.3, -0.25) is 0 Å². The van der Waals surface area contributed by atoms with E-state index in [1.165, 1.54) is 25.7 Å². The summed E-state index contributed by atoms with van der Waals surface area (Å²) in [6, 6.07) is 0. The van der Waals surface area contributed by atoms with E-state index in [2.05, 4.69) is 13.8 Å². The van der Waals surface area contributed by atoms with Gasteiger partial charge in [-0.25, -0.2) is 0 Å². The Labute approximate surface area is 139 Å². The molecule has 0 amide bonds. The summed E-state index contributed by atoms with van der Waals surface area (Å²) in [6.07, 6.45) is 6.12. The average Bonchev–Trinajstić information content (AvgIpc) is 2.44. The molecule has 0 spiro atoms. The first-order chi connectivity index (χ1) is 9.95. The summed E-state index contributed by atoms with van der Waals surface area (Å²) >= 11 is 0.149. The quantitative estimate of drug-likeness (QED) is 0.316. The van der Waals surface area contributed by atoms with E-state index < -0.39 is 11.9 Å². The van der Waals surface area contributed by atoms with Gasteiger partial charge in [0.05, 0.1) is 11.9 Å². The zero-order valence-corrected chi connectivity index (χ0v) is 16.6. The van der Waals surface area contributed by atoms with Crippen LogP contribution in [-0.4, -0.2) is 33.1 Å². The van der Waals surface area contributed by atoms with E-state index >= 15 is 0 Å². The molecule has 0 atom stereocenters. The molecule has 0 saturated carbocycles. The van der Waals surface area contributed by atoms with E-state index in [4.69, 9.17) is 0 Å². The Morgan fingerprint density at radius 2 is 1.10 bits per heavy atom. The fourth-order valence-electron chi connectivity index (χ4n) is 1.69. The van der Waals surface area contributed by atoms with E-state index in [0.29, 0.717) is 0 Å². The number of carbonyl (C=O) groups is 2. The third kappa shape index (κ3) is 12.9. The standard InChI is InChI=1S/C8H12O4.2C4H9.Sn/c1-3-5(7(9)10)6(4-2)8(11)12;2*1-3-4-2;/h3-4H2,1-2H3,(H,9,10)(H,11,12);2*1,3-4H2,2H3;/q;;;+2/p-2/b6-5-;;;. The molecule has 0 aliphatic carbocycles. The summed E-state index contributed by atoms with van der Waals surface area (Å²) in [6.45, 7) is 7.70. The van der Waals surface area contributed by atoms with Crippen molar-refractivity contribution in [1.82, 2.24) is 0 Å². The molecule has 5 heteroatoms. The van der Waals surface area contributed by atoms with Crippen molar-refractivity contribution in [3.05, 3.63) is 11.1 Å². The number of carbonyl (C=O) groups excluding carboxylic acids is 2. The average molecular weight is 403 g/mol. The molecule has 0 aromatic carbocycles. The first-order valence-electron chi connectivity index (χ1n) is 7.81. The van der Waals surface area contributed by atoms with Crippen molar-refractivity contribution < 1.29 is 19.8 Å². The van der Waals surface area contributed by atoms with Crippen LogP contribution in [0.4, 0.5) is 0 Å². The summed E-state index contributed by atoms with van der Waals surface area (Å²) in [5.41, 5.74) is -0.366. The summed E-state index contributed by atoms with van der Waals surface area (Å²) in [5.74, 6) is -2.86. The summed E-state index contributed by atoms with van der Waals surface area (Å²) in [4.78, 5) is 20.8. The summed E-state index contributed by atoms with van der Waals surface area (Å²) < 4.78 is 3.25. The minimum absolute atomic E-state index is 0.138. The van der Waals surface area contributed by atoms with Crippen LogP contribution in [-0.2, 0) is 9.59 Å². The fraction of sp³-hybridized carbons (Fsp3) is 0.750. The van der Waals surface area contributed by atoms with Gasteiger partial charge in [0.15, 0.2) is 0 Å². The molecule has 0 bridgehead atoms. The Bertz CT molecular complexity index is 294. The third-order valence-corrected chi connectivity index (χ3v) is 7.01. The van der Waals surface area contributed by atoms with Crippen molar-refractivity contribution in [2.75, 3.05) is 0 Å². The number of aliphatic carboxylic acids is 2. The van der Waals surface area contributed by atoms with Gasteiger partial charge in [0.2, 0.25) is 0 Å². The molecule has 0 rings (SSSR count). The van der Waals surface area contributed by atoms with Gasteiger partial charge in [-0.2, -0.15) is 0 Å². The second-order valence-corrected chi connectivity index (χ2v) is 8.98. The SMILES string of the molecule is CC/C(C(=O)[O-])=C(\CC)C(=O)[O-].CCC[CH2][Sn+2][CH2]CCC. The van der Waals surface area contributed by atoms with Crippen molar-refractivity contribution in [2.24, 2.45) is 0 Å². The molecule has 0 aliphatic rings. The molecule has 0 unspecified atom stereocenters. The minimum atomic E-state index is -1.43. The van der Waals surface area contributed by atoms with Crippen molar-refractivity contribution in [1.29, 1.82) is 0 Å². The van der Waals surface area contributed by atoms with Crippen LogP contribution in [0.3, 0.4) is 0 Å². The molecule has 120 valence electrons. The van der Waals surface area contributed by atoms with E-state index in [0.717, 1.165) is 0 Å². The van der Waals surface area contributed by atoms with Gasteiger partial charge in [0.1, 0.15) is 0 Å². The zero-order valence-electron chi connectivity index (χ0n) is 13.8. The summed E-state index contributed by atoms with van der Waals surface area (Å²) in [7, 11) is 0. The van der Waals surface area contributed by atoms with Crippen LogP contribution in [0.5, 0.6) is 0 Å². The molecule has 4 nitrogen and oxygen atoms in total. The van der Waals surface area contributed by atoms with Crippen molar-refractivity contribution in [3.8, 4) is 0 Å². The molecule has 0 saturated heterocycles. The molecular weight excluding hydrogens is 375 g/mol. The molecule has 0 aromatic rings. The van der Waals surface area contributed by atoms with Crippen molar-refractivity contribution in [3.63, 3.8) is 0 Å². The molecule has 0 radical (unpaired) electrons. The number of rotatable bonds is 10. The predicted molar refractivity (Wildman–Crippen MR) is 82.8 cm³/mol. The van der Waals surface area contributed by atoms with E-state index in [1.807, 2.05) is 0 Å². The predicted octanol–water partition coefficient (Wildman–Crippen LogP) is 1.73. The second-order valence-electron chi connectivity index (χ2n) is 4.70. The number of unbranched alkanes of at least 4 members (excludes halogenated alkanes) is 2. The van der Waals surface area contributed by atoms with Gasteiger partial charge in [-0.15, -0.1) is 0 Å². The second kappa shape index (κ2) is 15.9. The van der Waals surface area contributed by atoms with Gasteiger partial charge >= 0.3 is 69.5 Å². The third-order valence-electron chi connectivity index (χ3n) is 2.98. The van der Waals surface area contributed by atoms with Crippen LogP contribution >= 0.6 is 0 Å². The number of hydrogen-bond acceptors (Lipinski definition) is 4. The van der Waals surface area contributed by atoms with Gasteiger partial charge in [-0.1, -0.05) is 13.8 Å². The number of hydrogen-bond donors (Lipinski definition) is 0. The summed E-state index contributed by atoms with van der Waals surface area (Å²) in [5, 5.41) is 20.8. The Morgan fingerprint density at radius 3 is 1.29 bits per heavy atom. The maximum absolute atomic E-state index is 10.4.